The summed E-state index contributed by atoms with van der Waals surface area (Å²) >= 11 is 5.52. The third kappa shape index (κ3) is 2.24. The molecule has 0 atom stereocenters. The largest absolute Gasteiger partial charge is 0.367 e. The van der Waals surface area contributed by atoms with Crippen LogP contribution in [0, 0.1) is 0 Å². The predicted molar refractivity (Wildman–Crippen MR) is 63.4 cm³/mol. The van der Waals surface area contributed by atoms with Gasteiger partial charge in [0.2, 0.25) is 9.84 Å². The van der Waals surface area contributed by atoms with Gasteiger partial charge in [0.05, 0.1) is 4.90 Å². The summed E-state index contributed by atoms with van der Waals surface area (Å²) < 4.78 is 21.8. The molecule has 0 unspecified atom stereocenters. The maximum atomic E-state index is 11.9. The maximum Gasteiger partial charge on any atom is 0.262 e. The van der Waals surface area contributed by atoms with Gasteiger partial charge in [0.15, 0.2) is 0 Å². The highest BCUT2D eigenvalue weighted by Gasteiger charge is 2.45. The van der Waals surface area contributed by atoms with Gasteiger partial charge in [0, 0.05) is 0 Å². The van der Waals surface area contributed by atoms with Gasteiger partial charge < -0.3 is 5.73 Å². The van der Waals surface area contributed by atoms with E-state index < -0.39 is 18.3 Å². The number of nitrogens with two attached hydrogens (primary N) is 1. The van der Waals surface area contributed by atoms with Crippen molar-refractivity contribution in [1.29, 1.82) is 0 Å². The van der Waals surface area contributed by atoms with Crippen molar-refractivity contribution in [3.05, 3.63) is 30.3 Å². The Kier molecular flexibility index (Phi) is 3.57. The summed E-state index contributed by atoms with van der Waals surface area (Å²) in [5.74, 6) is -1.02. The van der Waals surface area contributed by atoms with E-state index in [1.165, 1.54) is 12.1 Å². The molecule has 0 aliphatic carbocycles. The van der Waals surface area contributed by atoms with Crippen LogP contribution in [0.5, 0.6) is 0 Å². The molecule has 1 amide bonds. The van der Waals surface area contributed by atoms with Crippen molar-refractivity contribution >= 4 is 47.6 Å². The van der Waals surface area contributed by atoms with E-state index in [4.69, 9.17) is 5.73 Å². The van der Waals surface area contributed by atoms with Crippen LogP contribution in [0.4, 0.5) is 0 Å². The van der Waals surface area contributed by atoms with Crippen LogP contribution in [-0.4, -0.2) is 16.9 Å². The summed E-state index contributed by atoms with van der Waals surface area (Å²) in [4.78, 5) is 11.0. The normalized spacial score (nSPS) is 12.4. The molecule has 0 heterocycles. The quantitative estimate of drug-likeness (QED) is 0.831. The Morgan fingerprint density at radius 2 is 1.67 bits per heavy atom. The molecule has 0 fully saturated rings. The van der Waals surface area contributed by atoms with Gasteiger partial charge in [0.25, 0.3) is 8.47 Å². The first-order valence-electron chi connectivity index (χ1n) is 3.77. The van der Waals surface area contributed by atoms with E-state index in [-0.39, 0.29) is 4.90 Å². The second-order valence-electron chi connectivity index (χ2n) is 2.70. The monoisotopic (exact) mass is 355 g/mol. The molecule has 0 saturated heterocycles. The molecule has 7 heteroatoms. The van der Waals surface area contributed by atoms with Crippen LogP contribution in [0.2, 0.25) is 0 Å². The second kappa shape index (κ2) is 4.23. The van der Waals surface area contributed by atoms with Crippen molar-refractivity contribution in [1.82, 2.24) is 0 Å². The molecule has 82 valence electrons. The smallest absolute Gasteiger partial charge is 0.262 e. The summed E-state index contributed by atoms with van der Waals surface area (Å²) in [6, 6.07) is 7.56. The minimum absolute atomic E-state index is 0.0116. The fourth-order valence-corrected chi connectivity index (χ4v) is 3.08. The van der Waals surface area contributed by atoms with E-state index in [1.807, 2.05) is 0 Å². The Hall–Kier alpha value is -0.400. The van der Waals surface area contributed by atoms with E-state index in [2.05, 4.69) is 31.9 Å². The summed E-state index contributed by atoms with van der Waals surface area (Å²) in [6.45, 7) is 0. The number of hydrogen-bond acceptors (Lipinski definition) is 3. The van der Waals surface area contributed by atoms with E-state index >= 15 is 0 Å². The Morgan fingerprint density at radius 1 is 1.20 bits per heavy atom. The molecule has 0 aliphatic rings. The Morgan fingerprint density at radius 3 is 2.07 bits per heavy atom. The van der Waals surface area contributed by atoms with Gasteiger partial charge in [-0.1, -0.05) is 18.2 Å². The van der Waals surface area contributed by atoms with Crippen molar-refractivity contribution in [3.63, 3.8) is 0 Å². The summed E-state index contributed by atoms with van der Waals surface area (Å²) in [5, 5.41) is 0. The van der Waals surface area contributed by atoms with E-state index in [0.717, 1.165) is 0 Å². The molecule has 1 aromatic carbocycles. The lowest BCUT2D eigenvalue weighted by Gasteiger charge is -2.16. The van der Waals surface area contributed by atoms with Crippen molar-refractivity contribution < 1.29 is 13.2 Å². The van der Waals surface area contributed by atoms with Gasteiger partial charge in [-0.05, 0) is 44.0 Å². The topological polar surface area (TPSA) is 77.2 Å². The number of carbonyl (C=O) groups excluding carboxylic acids is 1. The Bertz CT molecular complexity index is 470. The Labute approximate surface area is 104 Å². The lowest BCUT2D eigenvalue weighted by Crippen LogP contribution is -2.39. The number of hydrogen-bond donors (Lipinski definition) is 1. The summed E-state index contributed by atoms with van der Waals surface area (Å²) in [7, 11) is -3.88. The molecule has 0 spiro atoms. The lowest BCUT2D eigenvalue weighted by molar-refractivity contribution is -0.116. The molecular weight excluding hydrogens is 350 g/mol. The third-order valence-corrected chi connectivity index (χ3v) is 6.79. The zero-order valence-corrected chi connectivity index (χ0v) is 11.3. The van der Waals surface area contributed by atoms with Crippen molar-refractivity contribution in [2.75, 3.05) is 0 Å². The summed E-state index contributed by atoms with van der Waals surface area (Å²) in [5.41, 5.74) is 4.98. The van der Waals surface area contributed by atoms with Gasteiger partial charge in [-0.3, -0.25) is 4.79 Å². The lowest BCUT2D eigenvalue weighted by atomic mass is 10.4. The maximum absolute atomic E-state index is 11.9. The predicted octanol–water partition coefficient (Wildman–Crippen LogP) is 1.39. The fraction of sp³-hybridized carbons (Fsp3) is 0.125. The molecular formula is C8H7Br2NO3S. The molecule has 4 nitrogen and oxygen atoms in total. The van der Waals surface area contributed by atoms with Gasteiger partial charge in [0.1, 0.15) is 0 Å². The minimum Gasteiger partial charge on any atom is -0.367 e. The van der Waals surface area contributed by atoms with Crippen LogP contribution in [0.1, 0.15) is 0 Å². The molecule has 1 aromatic rings. The Balaban J connectivity index is 3.33. The molecule has 1 rings (SSSR count). The zero-order valence-electron chi connectivity index (χ0n) is 7.35. The van der Waals surface area contributed by atoms with Crippen LogP contribution in [0.25, 0.3) is 0 Å². The second-order valence-corrected chi connectivity index (χ2v) is 9.28. The molecule has 2 N–H and O–H groups in total. The van der Waals surface area contributed by atoms with Crippen LogP contribution >= 0.6 is 31.9 Å². The first-order chi connectivity index (χ1) is 6.80. The fourth-order valence-electron chi connectivity index (χ4n) is 0.880. The zero-order chi connectivity index (χ0) is 11.7. The SMILES string of the molecule is NC(=O)C(Br)(Br)S(=O)(=O)c1ccccc1. The number of amides is 1. The minimum atomic E-state index is -3.88. The number of rotatable bonds is 3. The first kappa shape index (κ1) is 12.7. The highest BCUT2D eigenvalue weighted by molar-refractivity contribution is 9.28. The van der Waals surface area contributed by atoms with Gasteiger partial charge in [-0.25, -0.2) is 8.42 Å². The van der Waals surface area contributed by atoms with Crippen molar-refractivity contribution in [3.8, 4) is 0 Å². The first-order valence-corrected chi connectivity index (χ1v) is 6.84. The van der Waals surface area contributed by atoms with E-state index in [1.54, 1.807) is 18.2 Å². The number of sulfone groups is 1. The highest BCUT2D eigenvalue weighted by Crippen LogP contribution is 2.37. The number of carbonyl (C=O) groups is 1. The molecule has 0 saturated carbocycles. The molecule has 15 heavy (non-hydrogen) atoms. The average molecular weight is 357 g/mol. The van der Waals surface area contributed by atoms with Crippen LogP contribution < -0.4 is 5.73 Å². The van der Waals surface area contributed by atoms with Crippen molar-refractivity contribution in [2.45, 2.75) is 7.46 Å². The number of benzene rings is 1. The van der Waals surface area contributed by atoms with E-state index in [9.17, 15) is 13.2 Å². The van der Waals surface area contributed by atoms with Crippen molar-refractivity contribution in [2.24, 2.45) is 5.73 Å². The third-order valence-electron chi connectivity index (χ3n) is 1.68. The average Bonchev–Trinajstić information content (AvgIpc) is 2.18. The van der Waals surface area contributed by atoms with Crippen LogP contribution in [0.3, 0.4) is 0 Å². The molecule has 0 bridgehead atoms. The molecule has 0 radical (unpaired) electrons. The summed E-state index contributed by atoms with van der Waals surface area (Å²) in [6.07, 6.45) is 0. The number of primary amides is 1. The standard InChI is InChI=1S/C8H7Br2NO3S/c9-8(10,7(11)12)15(13,14)6-4-2-1-3-5-6/h1-5H,(H2,11,12). The van der Waals surface area contributed by atoms with Gasteiger partial charge in [-0.2, -0.15) is 0 Å². The molecule has 0 aliphatic heterocycles. The van der Waals surface area contributed by atoms with Gasteiger partial charge >= 0.3 is 0 Å². The van der Waals surface area contributed by atoms with Gasteiger partial charge in [-0.15, -0.1) is 0 Å². The van der Waals surface area contributed by atoms with E-state index in [0.29, 0.717) is 0 Å². The van der Waals surface area contributed by atoms with Crippen LogP contribution in [-0.2, 0) is 14.6 Å². The van der Waals surface area contributed by atoms with Crippen LogP contribution in [0.15, 0.2) is 35.2 Å². The molecule has 0 aromatic heterocycles. The number of halogens is 2. The highest BCUT2D eigenvalue weighted by atomic mass is 79.9. The number of alkyl halides is 2.